The molecular weight excluding hydrogens is 289 g/mol. The maximum atomic E-state index is 12.8. The van der Waals surface area contributed by atoms with Crippen molar-refractivity contribution in [1.29, 1.82) is 0 Å². The first-order valence-electron chi connectivity index (χ1n) is 6.73. The minimum absolute atomic E-state index is 0.336. The average molecular weight is 313 g/mol. The molecule has 4 nitrogen and oxygen atoms in total. The molecule has 0 aromatic heterocycles. The second-order valence-electron chi connectivity index (χ2n) is 4.67. The summed E-state index contributed by atoms with van der Waals surface area (Å²) in [4.78, 5) is 4.43. The summed E-state index contributed by atoms with van der Waals surface area (Å²) in [5.41, 5.74) is 2.00. The largest absolute Gasteiger partial charge is 0.297 e. The van der Waals surface area contributed by atoms with Crippen LogP contribution in [0.3, 0.4) is 0 Å². The van der Waals surface area contributed by atoms with Gasteiger partial charge in [-0.1, -0.05) is 43.4 Å². The Bertz CT molecular complexity index is 507. The maximum absolute atomic E-state index is 12.8. The van der Waals surface area contributed by atoms with Crippen LogP contribution in [0.15, 0.2) is 29.3 Å². The van der Waals surface area contributed by atoms with Crippen LogP contribution in [0.2, 0.25) is 0 Å². The molecule has 1 aromatic carbocycles. The smallest absolute Gasteiger partial charge is 0.293 e. The molecule has 0 aliphatic rings. The van der Waals surface area contributed by atoms with Crippen LogP contribution in [0.4, 0.5) is 5.69 Å². The van der Waals surface area contributed by atoms with Gasteiger partial charge in [-0.2, -0.15) is 0 Å². The van der Waals surface area contributed by atoms with Gasteiger partial charge in [-0.15, -0.1) is 0 Å². The summed E-state index contributed by atoms with van der Waals surface area (Å²) in [7, 11) is 3.53. The molecule has 0 bridgehead atoms. The highest BCUT2D eigenvalue weighted by Gasteiger charge is 2.27. The maximum Gasteiger partial charge on any atom is 0.293 e. The number of rotatable bonds is 7. The van der Waals surface area contributed by atoms with Gasteiger partial charge in [0.1, 0.15) is 0 Å². The molecule has 0 amide bonds. The molecule has 0 fully saturated rings. The Kier molecular flexibility index (Phi) is 6.80. The summed E-state index contributed by atoms with van der Waals surface area (Å²) in [6.45, 7) is 3.53. The van der Waals surface area contributed by atoms with Crippen molar-refractivity contribution in [2.75, 3.05) is 14.1 Å². The SMILES string of the molecule is CCC(C)SP(=O)(NC)N(C)C=Nc1ccccc1C. The topological polar surface area (TPSA) is 44.7 Å². The second kappa shape index (κ2) is 7.87. The number of hydrogen-bond donors (Lipinski definition) is 1. The first-order valence-corrected chi connectivity index (χ1v) is 9.88. The summed E-state index contributed by atoms with van der Waals surface area (Å²) in [6, 6.07) is 7.89. The summed E-state index contributed by atoms with van der Waals surface area (Å²) in [5, 5.41) is 3.28. The number of nitrogens with one attached hydrogen (secondary N) is 1. The Morgan fingerprint density at radius 2 is 2.15 bits per heavy atom. The van der Waals surface area contributed by atoms with E-state index in [1.807, 2.05) is 31.2 Å². The molecule has 6 heteroatoms. The van der Waals surface area contributed by atoms with Gasteiger partial charge in [0.15, 0.2) is 0 Å². The second-order valence-corrected chi connectivity index (χ2v) is 9.92. The van der Waals surface area contributed by atoms with Crippen LogP contribution in [0.25, 0.3) is 0 Å². The fraction of sp³-hybridized carbons (Fsp3) is 0.500. The fourth-order valence-electron chi connectivity index (χ4n) is 1.53. The Labute approximate surface area is 126 Å². The molecule has 1 aromatic rings. The summed E-state index contributed by atoms with van der Waals surface area (Å²) in [5.74, 6) is 0. The van der Waals surface area contributed by atoms with Gasteiger partial charge in [0.05, 0.1) is 12.0 Å². The monoisotopic (exact) mass is 313 g/mol. The molecule has 0 aliphatic heterocycles. The van der Waals surface area contributed by atoms with Crippen molar-refractivity contribution in [2.45, 2.75) is 32.4 Å². The number of benzene rings is 1. The lowest BCUT2D eigenvalue weighted by Gasteiger charge is -2.27. The van der Waals surface area contributed by atoms with Gasteiger partial charge in [0.25, 0.3) is 6.65 Å². The average Bonchev–Trinajstić information content (AvgIpc) is 2.45. The van der Waals surface area contributed by atoms with Crippen LogP contribution < -0.4 is 5.09 Å². The molecule has 0 spiro atoms. The van der Waals surface area contributed by atoms with Crippen molar-refractivity contribution < 1.29 is 4.57 Å². The lowest BCUT2D eigenvalue weighted by Crippen LogP contribution is -2.20. The Hall–Kier alpha value is -0.770. The van der Waals surface area contributed by atoms with Crippen molar-refractivity contribution >= 4 is 30.1 Å². The minimum Gasteiger partial charge on any atom is -0.297 e. The van der Waals surface area contributed by atoms with Crippen molar-refractivity contribution in [3.05, 3.63) is 29.8 Å². The van der Waals surface area contributed by atoms with Gasteiger partial charge in [0, 0.05) is 12.3 Å². The molecule has 1 N–H and O–H groups in total. The van der Waals surface area contributed by atoms with Gasteiger partial charge in [0.2, 0.25) is 0 Å². The van der Waals surface area contributed by atoms with Gasteiger partial charge >= 0.3 is 0 Å². The fourth-order valence-corrected chi connectivity index (χ4v) is 5.72. The lowest BCUT2D eigenvalue weighted by molar-refractivity contribution is 0.551. The van der Waals surface area contributed by atoms with Crippen molar-refractivity contribution in [1.82, 2.24) is 9.76 Å². The van der Waals surface area contributed by atoms with Crippen molar-refractivity contribution in [3.63, 3.8) is 0 Å². The molecule has 0 heterocycles. The number of hydrogen-bond acceptors (Lipinski definition) is 3. The van der Waals surface area contributed by atoms with E-state index in [0.29, 0.717) is 5.25 Å². The van der Waals surface area contributed by atoms with Gasteiger partial charge in [-0.05, 0) is 32.0 Å². The number of aryl methyl sites for hydroxylation is 1. The van der Waals surface area contributed by atoms with Crippen LogP contribution in [-0.4, -0.2) is 30.4 Å². The molecule has 20 heavy (non-hydrogen) atoms. The zero-order chi connectivity index (χ0) is 15.2. The summed E-state index contributed by atoms with van der Waals surface area (Å²) < 4.78 is 14.5. The minimum atomic E-state index is -2.67. The molecule has 2 unspecified atom stereocenters. The van der Waals surface area contributed by atoms with Crippen LogP contribution >= 0.6 is 18.0 Å². The van der Waals surface area contributed by atoms with E-state index in [-0.39, 0.29) is 0 Å². The van der Waals surface area contributed by atoms with E-state index in [9.17, 15) is 4.57 Å². The van der Waals surface area contributed by atoms with Gasteiger partial charge in [-0.3, -0.25) is 9.24 Å². The standard InChI is InChI=1S/C14H24N3OPS/c1-6-13(3)20-19(18,15-4)17(5)11-16-14-10-8-7-9-12(14)2/h7-11,13H,6H2,1-5H3,(H,15,18). The Balaban J connectivity index is 2.85. The first-order chi connectivity index (χ1) is 9.42. The molecule has 0 aliphatic carbocycles. The van der Waals surface area contributed by atoms with Crippen LogP contribution in [0.1, 0.15) is 25.8 Å². The van der Waals surface area contributed by atoms with E-state index in [1.165, 1.54) is 11.4 Å². The van der Waals surface area contributed by atoms with E-state index < -0.39 is 6.65 Å². The van der Waals surface area contributed by atoms with Crippen molar-refractivity contribution in [3.8, 4) is 0 Å². The van der Waals surface area contributed by atoms with Gasteiger partial charge in [-0.25, -0.2) is 10.1 Å². The van der Waals surface area contributed by atoms with Gasteiger partial charge < -0.3 is 0 Å². The quantitative estimate of drug-likeness (QED) is 0.459. The summed E-state index contributed by atoms with van der Waals surface area (Å²) >= 11 is 1.47. The molecule has 0 saturated heterocycles. The molecular formula is C14H24N3OPS. The number of para-hydroxylation sites is 1. The predicted molar refractivity (Wildman–Crippen MR) is 91.1 cm³/mol. The Morgan fingerprint density at radius 3 is 2.70 bits per heavy atom. The normalized spacial score (nSPS) is 16.1. The number of aliphatic imine (C=N–C) groups is 1. The molecule has 2 atom stereocenters. The molecule has 1 rings (SSSR count). The third-order valence-corrected chi connectivity index (χ3v) is 8.81. The highest BCUT2D eigenvalue weighted by Crippen LogP contribution is 2.58. The van der Waals surface area contributed by atoms with E-state index in [2.05, 4.69) is 23.9 Å². The molecule has 112 valence electrons. The third kappa shape index (κ3) is 4.65. The van der Waals surface area contributed by atoms with E-state index >= 15 is 0 Å². The van der Waals surface area contributed by atoms with E-state index in [0.717, 1.165) is 17.7 Å². The third-order valence-electron chi connectivity index (χ3n) is 3.08. The first kappa shape index (κ1) is 17.3. The lowest BCUT2D eigenvalue weighted by atomic mass is 10.2. The zero-order valence-corrected chi connectivity index (χ0v) is 14.5. The van der Waals surface area contributed by atoms with E-state index in [1.54, 1.807) is 25.1 Å². The van der Waals surface area contributed by atoms with Crippen LogP contribution in [-0.2, 0) is 4.57 Å². The van der Waals surface area contributed by atoms with Crippen LogP contribution in [0.5, 0.6) is 0 Å². The predicted octanol–water partition coefficient (Wildman–Crippen LogP) is 4.45. The van der Waals surface area contributed by atoms with E-state index in [4.69, 9.17) is 0 Å². The highest BCUT2D eigenvalue weighted by molar-refractivity contribution is 8.57. The zero-order valence-electron chi connectivity index (χ0n) is 12.8. The van der Waals surface area contributed by atoms with Crippen LogP contribution in [0, 0.1) is 6.92 Å². The summed E-state index contributed by atoms with van der Waals surface area (Å²) in [6.07, 6.45) is 2.63. The van der Waals surface area contributed by atoms with Crippen molar-refractivity contribution in [2.24, 2.45) is 4.99 Å². The Morgan fingerprint density at radius 1 is 1.50 bits per heavy atom. The molecule has 0 radical (unpaired) electrons. The molecule has 0 saturated carbocycles. The number of nitrogens with zero attached hydrogens (tertiary/aromatic N) is 2. The highest BCUT2D eigenvalue weighted by atomic mass is 32.7.